The first-order valence-electron chi connectivity index (χ1n) is 5.30. The van der Waals surface area contributed by atoms with E-state index in [2.05, 4.69) is 29.6 Å². The average Bonchev–Trinajstić information content (AvgIpc) is 2.62. The smallest absolute Gasteiger partial charge is 0.0338 e. The molecule has 0 aromatic carbocycles. The Morgan fingerprint density at radius 3 is 3.31 bits per heavy atom. The zero-order valence-electron chi connectivity index (χ0n) is 8.27. The van der Waals surface area contributed by atoms with Gasteiger partial charge in [0.1, 0.15) is 0 Å². The van der Waals surface area contributed by atoms with E-state index in [4.69, 9.17) is 0 Å². The molecule has 0 aliphatic heterocycles. The Morgan fingerprint density at radius 2 is 2.46 bits per heavy atom. The summed E-state index contributed by atoms with van der Waals surface area (Å²) >= 11 is 0. The predicted octanol–water partition coefficient (Wildman–Crippen LogP) is 2.39. The van der Waals surface area contributed by atoms with Gasteiger partial charge in [-0.1, -0.05) is 6.92 Å². The van der Waals surface area contributed by atoms with Gasteiger partial charge >= 0.3 is 0 Å². The molecular weight excluding hydrogens is 160 g/mol. The van der Waals surface area contributed by atoms with Crippen LogP contribution in [0.2, 0.25) is 0 Å². The molecule has 0 fully saturated rings. The highest BCUT2D eigenvalue weighted by Crippen LogP contribution is 2.28. The van der Waals surface area contributed by atoms with Gasteiger partial charge in [0.2, 0.25) is 0 Å². The molecule has 0 spiro atoms. The molecule has 0 amide bonds. The van der Waals surface area contributed by atoms with E-state index >= 15 is 0 Å². The number of aromatic amines is 1. The molecule has 2 heteroatoms. The van der Waals surface area contributed by atoms with Crippen LogP contribution in [-0.4, -0.2) is 11.5 Å². The molecule has 1 aliphatic carbocycles. The lowest BCUT2D eigenvalue weighted by Gasteiger charge is -2.23. The van der Waals surface area contributed by atoms with Gasteiger partial charge in [-0.05, 0) is 43.4 Å². The molecule has 2 nitrogen and oxygen atoms in total. The van der Waals surface area contributed by atoms with Gasteiger partial charge in [0.25, 0.3) is 0 Å². The third kappa shape index (κ3) is 1.78. The van der Waals surface area contributed by atoms with Crippen molar-refractivity contribution >= 4 is 0 Å². The number of H-pyrrole nitrogens is 1. The van der Waals surface area contributed by atoms with Gasteiger partial charge in [-0.2, -0.15) is 0 Å². The fourth-order valence-corrected chi connectivity index (χ4v) is 2.13. The lowest BCUT2D eigenvalue weighted by molar-refractivity contribution is 0.462. The number of aromatic nitrogens is 1. The van der Waals surface area contributed by atoms with Crippen LogP contribution in [0, 0.1) is 0 Å². The minimum absolute atomic E-state index is 0.606. The lowest BCUT2D eigenvalue weighted by Crippen LogP contribution is -2.24. The van der Waals surface area contributed by atoms with Gasteiger partial charge < -0.3 is 10.3 Å². The number of hydrogen-bond acceptors (Lipinski definition) is 1. The highest BCUT2D eigenvalue weighted by Gasteiger charge is 2.19. The largest absolute Gasteiger partial charge is 0.367 e. The molecule has 1 aromatic rings. The molecule has 72 valence electrons. The van der Waals surface area contributed by atoms with Gasteiger partial charge in [0.15, 0.2) is 0 Å². The molecule has 2 N–H and O–H groups in total. The van der Waals surface area contributed by atoms with E-state index in [0.29, 0.717) is 6.04 Å². The van der Waals surface area contributed by atoms with Crippen molar-refractivity contribution in [2.45, 2.75) is 38.6 Å². The number of fused-ring (bicyclic) bond motifs is 1. The van der Waals surface area contributed by atoms with E-state index in [1.54, 1.807) is 0 Å². The van der Waals surface area contributed by atoms with Crippen LogP contribution in [0.4, 0.5) is 0 Å². The van der Waals surface area contributed by atoms with Crippen molar-refractivity contribution in [3.05, 3.63) is 23.5 Å². The summed E-state index contributed by atoms with van der Waals surface area (Å²) in [7, 11) is 0. The second-order valence-electron chi connectivity index (χ2n) is 3.83. The Kier molecular flexibility index (Phi) is 2.69. The summed E-state index contributed by atoms with van der Waals surface area (Å²) in [5, 5.41) is 3.59. The van der Waals surface area contributed by atoms with Crippen LogP contribution in [0.1, 0.15) is 43.4 Å². The SMILES string of the molecule is CCCNC1CCCc2c[nH]cc21. The van der Waals surface area contributed by atoms with Crippen molar-refractivity contribution in [2.75, 3.05) is 6.54 Å². The van der Waals surface area contributed by atoms with E-state index in [-0.39, 0.29) is 0 Å². The third-order valence-electron chi connectivity index (χ3n) is 2.82. The molecule has 1 unspecified atom stereocenters. The summed E-state index contributed by atoms with van der Waals surface area (Å²) in [4.78, 5) is 3.21. The summed E-state index contributed by atoms with van der Waals surface area (Å²) in [5.41, 5.74) is 3.01. The molecule has 13 heavy (non-hydrogen) atoms. The Hall–Kier alpha value is -0.760. The monoisotopic (exact) mass is 178 g/mol. The van der Waals surface area contributed by atoms with E-state index in [1.165, 1.54) is 36.8 Å². The van der Waals surface area contributed by atoms with Crippen molar-refractivity contribution in [3.63, 3.8) is 0 Å². The highest BCUT2D eigenvalue weighted by molar-refractivity contribution is 5.29. The number of rotatable bonds is 3. The van der Waals surface area contributed by atoms with Crippen LogP contribution in [0.15, 0.2) is 12.4 Å². The van der Waals surface area contributed by atoms with Gasteiger partial charge in [-0.3, -0.25) is 0 Å². The van der Waals surface area contributed by atoms with Crippen molar-refractivity contribution in [2.24, 2.45) is 0 Å². The van der Waals surface area contributed by atoms with Gasteiger partial charge in [-0.15, -0.1) is 0 Å². The van der Waals surface area contributed by atoms with Crippen molar-refractivity contribution in [3.8, 4) is 0 Å². The summed E-state index contributed by atoms with van der Waals surface area (Å²) in [6.45, 7) is 3.35. The van der Waals surface area contributed by atoms with E-state index in [0.717, 1.165) is 6.54 Å². The zero-order valence-corrected chi connectivity index (χ0v) is 8.27. The van der Waals surface area contributed by atoms with Gasteiger partial charge in [0.05, 0.1) is 0 Å². The first kappa shape index (κ1) is 8.82. The van der Waals surface area contributed by atoms with Gasteiger partial charge in [0, 0.05) is 18.4 Å². The number of aryl methyl sites for hydroxylation is 1. The summed E-state index contributed by atoms with van der Waals surface area (Å²) < 4.78 is 0. The van der Waals surface area contributed by atoms with Crippen molar-refractivity contribution in [1.82, 2.24) is 10.3 Å². The molecule has 0 bridgehead atoms. The van der Waals surface area contributed by atoms with E-state index < -0.39 is 0 Å². The van der Waals surface area contributed by atoms with E-state index in [9.17, 15) is 0 Å². The van der Waals surface area contributed by atoms with E-state index in [1.807, 2.05) is 0 Å². The van der Waals surface area contributed by atoms with Crippen LogP contribution in [0.5, 0.6) is 0 Å². The summed E-state index contributed by atoms with van der Waals surface area (Å²) in [5.74, 6) is 0. The van der Waals surface area contributed by atoms with Crippen LogP contribution >= 0.6 is 0 Å². The second kappa shape index (κ2) is 3.97. The Bertz CT molecular complexity index is 265. The standard InChI is InChI=1S/C11H18N2/c1-2-6-13-11-5-3-4-9-7-12-8-10(9)11/h7-8,11-13H,2-6H2,1H3. The lowest BCUT2D eigenvalue weighted by atomic mass is 9.91. The molecule has 0 saturated heterocycles. The molecule has 1 atom stereocenters. The minimum atomic E-state index is 0.606. The molecule has 1 aromatic heterocycles. The quantitative estimate of drug-likeness (QED) is 0.730. The minimum Gasteiger partial charge on any atom is -0.367 e. The zero-order chi connectivity index (χ0) is 9.10. The molecular formula is C11H18N2. The van der Waals surface area contributed by atoms with Gasteiger partial charge in [-0.25, -0.2) is 0 Å². The third-order valence-corrected chi connectivity index (χ3v) is 2.82. The van der Waals surface area contributed by atoms with Crippen LogP contribution in [-0.2, 0) is 6.42 Å². The summed E-state index contributed by atoms with van der Waals surface area (Å²) in [6.07, 6.45) is 9.40. The topological polar surface area (TPSA) is 27.8 Å². The highest BCUT2D eigenvalue weighted by atomic mass is 14.9. The molecule has 0 saturated carbocycles. The number of nitrogens with one attached hydrogen (secondary N) is 2. The van der Waals surface area contributed by atoms with Crippen molar-refractivity contribution < 1.29 is 0 Å². The van der Waals surface area contributed by atoms with Crippen LogP contribution in [0.25, 0.3) is 0 Å². The van der Waals surface area contributed by atoms with Crippen LogP contribution < -0.4 is 5.32 Å². The normalized spacial score (nSPS) is 21.5. The Labute approximate surface area is 79.7 Å². The fourth-order valence-electron chi connectivity index (χ4n) is 2.13. The molecule has 1 aliphatic rings. The molecule has 2 rings (SSSR count). The van der Waals surface area contributed by atoms with Crippen LogP contribution in [0.3, 0.4) is 0 Å². The average molecular weight is 178 g/mol. The predicted molar refractivity (Wildman–Crippen MR) is 54.8 cm³/mol. The maximum atomic E-state index is 3.59. The molecule has 0 radical (unpaired) electrons. The van der Waals surface area contributed by atoms with Crippen molar-refractivity contribution in [1.29, 1.82) is 0 Å². The second-order valence-corrected chi connectivity index (χ2v) is 3.83. The maximum Gasteiger partial charge on any atom is 0.0338 e. The Balaban J connectivity index is 2.07. The summed E-state index contributed by atoms with van der Waals surface area (Å²) in [6, 6.07) is 0.606. The first-order valence-corrected chi connectivity index (χ1v) is 5.30. The Morgan fingerprint density at radius 1 is 1.54 bits per heavy atom. The maximum absolute atomic E-state index is 3.59. The number of hydrogen-bond donors (Lipinski definition) is 2. The first-order chi connectivity index (χ1) is 6.42. The fraction of sp³-hybridized carbons (Fsp3) is 0.636. The molecule has 1 heterocycles.